The van der Waals surface area contributed by atoms with Crippen molar-refractivity contribution in [3.8, 4) is 11.5 Å². The zero-order chi connectivity index (χ0) is 16.5. The van der Waals surface area contributed by atoms with Crippen LogP contribution >= 0.6 is 0 Å². The molecule has 0 saturated heterocycles. The molecule has 2 aromatic rings. The number of sulfone groups is 1. The normalized spacial score (nSPS) is 11.6. The SMILES string of the molecule is Cn1cc(Oc2ccc(S(=O)(=O)C(F)F)cc2[N+](=O)[O-])cn1. The molecule has 0 aliphatic heterocycles. The molecule has 0 spiro atoms. The first-order valence-electron chi connectivity index (χ1n) is 5.69. The predicted molar refractivity (Wildman–Crippen MR) is 69.6 cm³/mol. The van der Waals surface area contributed by atoms with Gasteiger partial charge in [0.25, 0.3) is 0 Å². The van der Waals surface area contributed by atoms with E-state index in [9.17, 15) is 27.3 Å². The fraction of sp³-hybridized carbons (Fsp3) is 0.182. The van der Waals surface area contributed by atoms with E-state index in [1.807, 2.05) is 0 Å². The minimum absolute atomic E-state index is 0.176. The maximum absolute atomic E-state index is 12.5. The first kappa shape index (κ1) is 15.8. The fourth-order valence-corrected chi connectivity index (χ4v) is 2.32. The number of nitrogens with zero attached hydrogens (tertiary/aromatic N) is 3. The highest BCUT2D eigenvalue weighted by atomic mass is 32.2. The van der Waals surface area contributed by atoms with Crippen molar-refractivity contribution in [3.63, 3.8) is 0 Å². The van der Waals surface area contributed by atoms with Crippen molar-refractivity contribution in [1.82, 2.24) is 9.78 Å². The Morgan fingerprint density at radius 2 is 2.09 bits per heavy atom. The monoisotopic (exact) mass is 333 g/mol. The van der Waals surface area contributed by atoms with E-state index < -0.39 is 31.1 Å². The number of hydrogen-bond acceptors (Lipinski definition) is 6. The third kappa shape index (κ3) is 3.03. The molecule has 0 saturated carbocycles. The summed E-state index contributed by atoms with van der Waals surface area (Å²) in [5, 5.41) is 14.8. The van der Waals surface area contributed by atoms with Gasteiger partial charge in [-0.25, -0.2) is 8.42 Å². The van der Waals surface area contributed by atoms with Crippen molar-refractivity contribution in [2.24, 2.45) is 7.05 Å². The van der Waals surface area contributed by atoms with Crippen molar-refractivity contribution in [2.45, 2.75) is 10.7 Å². The molecule has 0 N–H and O–H groups in total. The van der Waals surface area contributed by atoms with Gasteiger partial charge in [0.1, 0.15) is 0 Å². The molecule has 0 bridgehead atoms. The Balaban J connectivity index is 2.46. The number of nitro groups is 1. The van der Waals surface area contributed by atoms with Crippen LogP contribution in [0.5, 0.6) is 11.5 Å². The molecule has 8 nitrogen and oxygen atoms in total. The molecule has 118 valence electrons. The highest BCUT2D eigenvalue weighted by molar-refractivity contribution is 7.91. The number of ether oxygens (including phenoxy) is 1. The van der Waals surface area contributed by atoms with E-state index in [0.717, 1.165) is 12.1 Å². The zero-order valence-corrected chi connectivity index (χ0v) is 11.8. The molecular weight excluding hydrogens is 324 g/mol. The first-order valence-corrected chi connectivity index (χ1v) is 7.23. The highest BCUT2D eigenvalue weighted by Crippen LogP contribution is 2.34. The van der Waals surface area contributed by atoms with Crippen molar-refractivity contribution < 1.29 is 26.9 Å². The number of benzene rings is 1. The van der Waals surface area contributed by atoms with Crippen LogP contribution in [0.4, 0.5) is 14.5 Å². The molecule has 1 aromatic heterocycles. The molecule has 0 radical (unpaired) electrons. The van der Waals surface area contributed by atoms with E-state index in [2.05, 4.69) is 5.10 Å². The number of halogens is 2. The zero-order valence-electron chi connectivity index (χ0n) is 11.0. The standard InChI is InChI=1S/C11H9F2N3O5S/c1-15-6-7(5-14-15)21-10-3-2-8(4-9(10)16(17)18)22(19,20)11(12)13/h2-6,11H,1H3. The van der Waals surface area contributed by atoms with Crippen LogP contribution in [0.3, 0.4) is 0 Å². The molecule has 1 aromatic carbocycles. The number of alkyl halides is 2. The van der Waals surface area contributed by atoms with Crippen LogP contribution in [-0.2, 0) is 16.9 Å². The second-order valence-electron chi connectivity index (χ2n) is 4.14. The molecule has 0 unspecified atom stereocenters. The molecule has 0 aliphatic carbocycles. The number of rotatable bonds is 5. The third-order valence-electron chi connectivity index (χ3n) is 2.60. The minimum Gasteiger partial charge on any atom is -0.447 e. The average Bonchev–Trinajstić information content (AvgIpc) is 2.84. The maximum Gasteiger partial charge on any atom is 0.341 e. The van der Waals surface area contributed by atoms with Crippen LogP contribution in [0.25, 0.3) is 0 Å². The van der Waals surface area contributed by atoms with Crippen LogP contribution < -0.4 is 4.74 Å². The summed E-state index contributed by atoms with van der Waals surface area (Å²) >= 11 is 0. The van der Waals surface area contributed by atoms with Gasteiger partial charge in [-0.3, -0.25) is 14.8 Å². The summed E-state index contributed by atoms with van der Waals surface area (Å²) in [6.45, 7) is 0. The van der Waals surface area contributed by atoms with Gasteiger partial charge >= 0.3 is 11.4 Å². The van der Waals surface area contributed by atoms with Crippen molar-refractivity contribution in [3.05, 3.63) is 40.7 Å². The number of hydrogen-bond donors (Lipinski definition) is 0. The molecule has 22 heavy (non-hydrogen) atoms. The second kappa shape index (κ2) is 5.67. The van der Waals surface area contributed by atoms with Crippen LogP contribution in [-0.4, -0.2) is 28.9 Å². The maximum atomic E-state index is 12.5. The summed E-state index contributed by atoms with van der Waals surface area (Å²) in [5.41, 5.74) is -0.745. The Morgan fingerprint density at radius 1 is 1.41 bits per heavy atom. The van der Waals surface area contributed by atoms with Gasteiger partial charge in [-0.15, -0.1) is 0 Å². The number of nitro benzene ring substituents is 1. The Labute approximate surface area is 123 Å². The van der Waals surface area contributed by atoms with Crippen LogP contribution in [0, 0.1) is 10.1 Å². The molecular formula is C11H9F2N3O5S. The van der Waals surface area contributed by atoms with E-state index >= 15 is 0 Å². The lowest BCUT2D eigenvalue weighted by atomic mass is 10.3. The van der Waals surface area contributed by atoms with Crippen LogP contribution in [0.1, 0.15) is 0 Å². The largest absolute Gasteiger partial charge is 0.447 e. The van der Waals surface area contributed by atoms with E-state index in [4.69, 9.17) is 4.74 Å². The van der Waals surface area contributed by atoms with Gasteiger partial charge in [-0.05, 0) is 12.1 Å². The molecule has 0 aliphatic rings. The molecule has 11 heteroatoms. The van der Waals surface area contributed by atoms with Gasteiger partial charge < -0.3 is 4.74 Å². The summed E-state index contributed by atoms with van der Waals surface area (Å²) in [7, 11) is -3.33. The van der Waals surface area contributed by atoms with Gasteiger partial charge in [0, 0.05) is 13.1 Å². The lowest BCUT2D eigenvalue weighted by Crippen LogP contribution is -2.11. The summed E-state index contributed by atoms with van der Waals surface area (Å²) in [4.78, 5) is 9.21. The topological polar surface area (TPSA) is 104 Å². The lowest BCUT2D eigenvalue weighted by molar-refractivity contribution is -0.385. The molecule has 0 amide bonds. The fourth-order valence-electron chi connectivity index (χ4n) is 1.58. The Morgan fingerprint density at radius 3 is 2.59 bits per heavy atom. The Kier molecular flexibility index (Phi) is 4.08. The number of aromatic nitrogens is 2. The van der Waals surface area contributed by atoms with E-state index in [1.165, 1.54) is 17.1 Å². The second-order valence-corrected chi connectivity index (χ2v) is 6.06. The summed E-state index contributed by atoms with van der Waals surface area (Å²) in [6, 6.07) is 2.30. The smallest absolute Gasteiger partial charge is 0.341 e. The average molecular weight is 333 g/mol. The summed E-state index contributed by atoms with van der Waals surface area (Å²) < 4.78 is 54.3. The van der Waals surface area contributed by atoms with Crippen molar-refractivity contribution in [2.75, 3.05) is 0 Å². The highest BCUT2D eigenvalue weighted by Gasteiger charge is 2.30. The van der Waals surface area contributed by atoms with Gasteiger partial charge in [-0.2, -0.15) is 13.9 Å². The van der Waals surface area contributed by atoms with Crippen molar-refractivity contribution in [1.29, 1.82) is 0 Å². The third-order valence-corrected chi connectivity index (χ3v) is 3.98. The molecule has 0 fully saturated rings. The predicted octanol–water partition coefficient (Wildman–Crippen LogP) is 2.12. The molecule has 0 atom stereocenters. The van der Waals surface area contributed by atoms with E-state index in [0.29, 0.717) is 6.07 Å². The van der Waals surface area contributed by atoms with Crippen LogP contribution in [0.2, 0.25) is 0 Å². The van der Waals surface area contributed by atoms with E-state index in [-0.39, 0.29) is 11.5 Å². The quantitative estimate of drug-likeness (QED) is 0.613. The Bertz CT molecular complexity index is 819. The molecule has 2 rings (SSSR count). The summed E-state index contributed by atoms with van der Waals surface area (Å²) in [6.07, 6.45) is 2.71. The Hall–Kier alpha value is -2.56. The van der Waals surface area contributed by atoms with Crippen molar-refractivity contribution >= 4 is 15.5 Å². The van der Waals surface area contributed by atoms with E-state index in [1.54, 1.807) is 7.05 Å². The van der Waals surface area contributed by atoms with Gasteiger partial charge in [0.2, 0.25) is 15.6 Å². The lowest BCUT2D eigenvalue weighted by Gasteiger charge is -2.07. The van der Waals surface area contributed by atoms with Gasteiger partial charge in [0.05, 0.1) is 22.2 Å². The summed E-state index contributed by atoms with van der Waals surface area (Å²) in [5.74, 6) is -3.78. The first-order chi connectivity index (χ1) is 10.2. The van der Waals surface area contributed by atoms with Gasteiger partial charge in [-0.1, -0.05) is 0 Å². The minimum atomic E-state index is -4.93. The van der Waals surface area contributed by atoms with Crippen LogP contribution in [0.15, 0.2) is 35.5 Å². The number of aryl methyl sites for hydroxylation is 1. The van der Waals surface area contributed by atoms with Gasteiger partial charge in [0.15, 0.2) is 5.75 Å². The molecule has 1 heterocycles.